The summed E-state index contributed by atoms with van der Waals surface area (Å²) in [7, 11) is 0. The van der Waals surface area contributed by atoms with Gasteiger partial charge in [0.1, 0.15) is 5.82 Å². The molecule has 0 saturated carbocycles. The maximum absolute atomic E-state index is 12.8. The number of aromatic nitrogens is 4. The van der Waals surface area contributed by atoms with Crippen molar-refractivity contribution in [1.29, 1.82) is 0 Å². The molecular weight excluding hydrogens is 364 g/mol. The predicted molar refractivity (Wildman–Crippen MR) is 108 cm³/mol. The van der Waals surface area contributed by atoms with Crippen molar-refractivity contribution in [2.45, 2.75) is 19.4 Å². The molecule has 0 aliphatic carbocycles. The fourth-order valence-corrected chi connectivity index (χ4v) is 4.76. The Morgan fingerprint density at radius 2 is 2.00 bits per heavy atom. The van der Waals surface area contributed by atoms with Crippen LogP contribution in [0, 0.1) is 12.3 Å². The van der Waals surface area contributed by atoms with Crippen molar-refractivity contribution < 1.29 is 4.79 Å². The molecule has 1 unspecified atom stereocenters. The van der Waals surface area contributed by atoms with Crippen LogP contribution in [-0.2, 0) is 6.54 Å². The van der Waals surface area contributed by atoms with Gasteiger partial charge in [0.2, 0.25) is 0 Å². The van der Waals surface area contributed by atoms with E-state index >= 15 is 0 Å². The summed E-state index contributed by atoms with van der Waals surface area (Å²) >= 11 is 0. The van der Waals surface area contributed by atoms with E-state index in [-0.39, 0.29) is 17.2 Å². The third kappa shape index (κ3) is 3.31. The van der Waals surface area contributed by atoms with E-state index in [1.54, 1.807) is 18.5 Å². The molecule has 0 radical (unpaired) electrons. The number of benzene rings is 1. The van der Waals surface area contributed by atoms with Crippen LogP contribution in [0.4, 0.5) is 0 Å². The minimum Gasteiger partial charge on any atom is -0.337 e. The van der Waals surface area contributed by atoms with Gasteiger partial charge in [-0.1, -0.05) is 30.3 Å². The van der Waals surface area contributed by atoms with Crippen LogP contribution in [0.15, 0.2) is 54.9 Å². The summed E-state index contributed by atoms with van der Waals surface area (Å²) in [5, 5.41) is 7.46. The molecule has 0 bridgehead atoms. The summed E-state index contributed by atoms with van der Waals surface area (Å²) in [6.07, 6.45) is 3.33. The Kier molecular flexibility index (Phi) is 4.39. The van der Waals surface area contributed by atoms with Gasteiger partial charge < -0.3 is 4.90 Å². The van der Waals surface area contributed by atoms with E-state index in [2.05, 4.69) is 49.3 Å². The average molecular weight is 388 g/mol. The molecule has 5 rings (SSSR count). The number of hydrogen-bond acceptors (Lipinski definition) is 5. The lowest BCUT2D eigenvalue weighted by Crippen LogP contribution is -2.61. The lowest BCUT2D eigenvalue weighted by molar-refractivity contribution is 0.00177. The molecule has 1 amide bonds. The smallest absolute Gasteiger partial charge is 0.255 e. The minimum atomic E-state index is 0.00127. The van der Waals surface area contributed by atoms with E-state index in [4.69, 9.17) is 0 Å². The molecule has 2 aromatic heterocycles. The van der Waals surface area contributed by atoms with Crippen molar-refractivity contribution in [2.24, 2.45) is 5.41 Å². The van der Waals surface area contributed by atoms with Crippen molar-refractivity contribution in [2.75, 3.05) is 26.2 Å². The van der Waals surface area contributed by atoms with Crippen LogP contribution in [0.5, 0.6) is 0 Å². The van der Waals surface area contributed by atoms with Crippen molar-refractivity contribution in [1.82, 2.24) is 30.0 Å². The first-order chi connectivity index (χ1) is 14.1. The summed E-state index contributed by atoms with van der Waals surface area (Å²) in [6.45, 7) is 6.13. The average Bonchev–Trinajstić information content (AvgIpc) is 3.31. The highest BCUT2D eigenvalue weighted by atomic mass is 16.2. The monoisotopic (exact) mass is 388 g/mol. The maximum Gasteiger partial charge on any atom is 0.255 e. The fraction of sp³-hybridized carbons (Fsp3) is 0.364. The molecule has 2 aliphatic heterocycles. The molecule has 4 heterocycles. The predicted octanol–water partition coefficient (Wildman–Crippen LogP) is 2.25. The summed E-state index contributed by atoms with van der Waals surface area (Å²) < 4.78 is 0. The second-order valence-corrected chi connectivity index (χ2v) is 8.25. The molecule has 148 valence electrons. The van der Waals surface area contributed by atoms with Crippen LogP contribution in [0.2, 0.25) is 0 Å². The summed E-state index contributed by atoms with van der Waals surface area (Å²) in [5.74, 6) is 1.97. The van der Waals surface area contributed by atoms with Crippen molar-refractivity contribution >= 4 is 5.91 Å². The summed E-state index contributed by atoms with van der Waals surface area (Å²) in [5.41, 5.74) is 1.95. The van der Waals surface area contributed by atoms with Crippen LogP contribution in [-0.4, -0.2) is 62.1 Å². The Morgan fingerprint density at radius 1 is 1.17 bits per heavy atom. The van der Waals surface area contributed by atoms with Crippen LogP contribution in [0.25, 0.3) is 0 Å². The number of aryl methyl sites for hydroxylation is 1. The molecule has 29 heavy (non-hydrogen) atoms. The Labute approximate surface area is 169 Å². The number of amides is 1. The third-order valence-corrected chi connectivity index (χ3v) is 6.10. The highest BCUT2D eigenvalue weighted by Gasteiger charge is 2.57. The van der Waals surface area contributed by atoms with E-state index in [9.17, 15) is 4.79 Å². The van der Waals surface area contributed by atoms with Gasteiger partial charge in [0.25, 0.3) is 5.91 Å². The number of carbonyl (C=O) groups is 1. The van der Waals surface area contributed by atoms with Crippen LogP contribution in [0.1, 0.15) is 33.5 Å². The van der Waals surface area contributed by atoms with Gasteiger partial charge in [-0.15, -0.1) is 0 Å². The minimum absolute atomic E-state index is 0.00127. The SMILES string of the molecule is Cc1nc(C2CN(Cc3ccccc3)CC23CN(C(=O)c2cccnc2)C3)n[nH]1. The Bertz CT molecular complexity index is 996. The number of pyridine rings is 1. The number of rotatable bonds is 4. The number of nitrogens with zero attached hydrogens (tertiary/aromatic N) is 5. The van der Waals surface area contributed by atoms with Crippen molar-refractivity contribution in [3.05, 3.63) is 77.6 Å². The third-order valence-electron chi connectivity index (χ3n) is 6.10. The topological polar surface area (TPSA) is 78.0 Å². The van der Waals surface area contributed by atoms with Crippen LogP contribution < -0.4 is 0 Å². The maximum atomic E-state index is 12.8. The molecule has 2 aliphatic rings. The van der Waals surface area contributed by atoms with Gasteiger partial charge in [-0.2, -0.15) is 5.10 Å². The van der Waals surface area contributed by atoms with Crippen LogP contribution in [0.3, 0.4) is 0 Å². The zero-order valence-electron chi connectivity index (χ0n) is 16.5. The Morgan fingerprint density at radius 3 is 2.69 bits per heavy atom. The lowest BCUT2D eigenvalue weighted by atomic mass is 9.71. The number of H-pyrrole nitrogens is 1. The summed E-state index contributed by atoms with van der Waals surface area (Å²) in [4.78, 5) is 25.9. The molecule has 1 N–H and O–H groups in total. The largest absolute Gasteiger partial charge is 0.337 e. The van der Waals surface area contributed by atoms with Crippen LogP contribution >= 0.6 is 0 Å². The molecule has 1 spiro atoms. The normalized spacial score (nSPS) is 20.7. The number of carbonyl (C=O) groups excluding carboxylic acids is 1. The standard InChI is InChI=1S/C22H24N6O/c1-16-24-20(26-25-16)19-12-27(11-17-6-3-2-4-7-17)13-22(19)14-28(15-22)21(29)18-8-5-9-23-10-18/h2-10,19H,11-15H2,1H3,(H,24,25,26). The quantitative estimate of drug-likeness (QED) is 0.742. The number of nitrogens with one attached hydrogen (secondary N) is 1. The zero-order chi connectivity index (χ0) is 19.8. The molecule has 2 fully saturated rings. The lowest BCUT2D eigenvalue weighted by Gasteiger charge is -2.50. The molecule has 3 aromatic rings. The van der Waals surface area contributed by atoms with E-state index in [0.717, 1.165) is 44.4 Å². The molecule has 1 atom stereocenters. The molecule has 1 aromatic carbocycles. The van der Waals surface area contributed by atoms with Gasteiger partial charge in [0.15, 0.2) is 5.82 Å². The van der Waals surface area contributed by atoms with E-state index in [1.165, 1.54) is 5.56 Å². The van der Waals surface area contributed by atoms with Crippen molar-refractivity contribution in [3.63, 3.8) is 0 Å². The molecule has 7 heteroatoms. The number of aromatic amines is 1. The number of likely N-dealkylation sites (tertiary alicyclic amines) is 2. The van der Waals surface area contributed by atoms with Crippen molar-refractivity contribution in [3.8, 4) is 0 Å². The van der Waals surface area contributed by atoms with E-state index in [1.807, 2.05) is 24.0 Å². The van der Waals surface area contributed by atoms with Gasteiger partial charge in [0, 0.05) is 56.5 Å². The Balaban J connectivity index is 1.36. The second-order valence-electron chi connectivity index (χ2n) is 8.25. The first kappa shape index (κ1) is 18.0. The summed E-state index contributed by atoms with van der Waals surface area (Å²) in [6, 6.07) is 14.2. The first-order valence-corrected chi connectivity index (χ1v) is 9.97. The highest BCUT2D eigenvalue weighted by molar-refractivity contribution is 5.94. The zero-order valence-corrected chi connectivity index (χ0v) is 16.5. The second kappa shape index (κ2) is 7.08. The molecule has 7 nitrogen and oxygen atoms in total. The van der Waals surface area contributed by atoms with Gasteiger partial charge in [-0.05, 0) is 24.6 Å². The number of hydrogen-bond donors (Lipinski definition) is 1. The van der Waals surface area contributed by atoms with Gasteiger partial charge in [-0.25, -0.2) is 4.98 Å². The van der Waals surface area contributed by atoms with Gasteiger partial charge >= 0.3 is 0 Å². The molecule has 2 saturated heterocycles. The fourth-order valence-electron chi connectivity index (χ4n) is 4.76. The van der Waals surface area contributed by atoms with Gasteiger partial charge in [0.05, 0.1) is 5.56 Å². The first-order valence-electron chi connectivity index (χ1n) is 9.97. The van der Waals surface area contributed by atoms with E-state index in [0.29, 0.717) is 5.56 Å². The van der Waals surface area contributed by atoms with E-state index < -0.39 is 0 Å². The Hall–Kier alpha value is -3.06. The molecular formula is C22H24N6O. The van der Waals surface area contributed by atoms with Gasteiger partial charge in [-0.3, -0.25) is 19.8 Å². The highest BCUT2D eigenvalue weighted by Crippen LogP contribution is 2.48.